The molecule has 2 saturated heterocycles. The average molecular weight is 393 g/mol. The molecule has 3 aliphatic rings. The standard InChI is InChI=1S/C22H28N6O/c1-15-13-19(24-22(23-15)17-7-8-17)28-11-9-27(10-12-28)18-14-20(29)25-26-21(18)16-5-3-2-4-6-16/h2-6,13,17-18,21,26H,7-12,14H2,1H3,(H,25,29). The third kappa shape index (κ3) is 3.97. The molecule has 2 aliphatic heterocycles. The molecule has 2 N–H and O–H groups in total. The molecule has 7 nitrogen and oxygen atoms in total. The molecule has 1 amide bonds. The van der Waals surface area contributed by atoms with E-state index in [1.165, 1.54) is 18.4 Å². The lowest BCUT2D eigenvalue weighted by atomic mass is 9.93. The van der Waals surface area contributed by atoms with Gasteiger partial charge in [-0.25, -0.2) is 15.4 Å². The van der Waals surface area contributed by atoms with Crippen LogP contribution in [0, 0.1) is 6.92 Å². The topological polar surface area (TPSA) is 73.4 Å². The summed E-state index contributed by atoms with van der Waals surface area (Å²) in [5.74, 6) is 2.69. The van der Waals surface area contributed by atoms with Crippen molar-refractivity contribution in [2.75, 3.05) is 31.1 Å². The van der Waals surface area contributed by atoms with Crippen molar-refractivity contribution in [3.8, 4) is 0 Å². The highest BCUT2D eigenvalue weighted by Crippen LogP contribution is 2.38. The van der Waals surface area contributed by atoms with E-state index in [4.69, 9.17) is 4.98 Å². The Labute approximate surface area is 171 Å². The van der Waals surface area contributed by atoms with E-state index in [0.717, 1.165) is 43.5 Å². The third-order valence-electron chi connectivity index (χ3n) is 6.21. The number of aromatic nitrogens is 2. The van der Waals surface area contributed by atoms with Crippen LogP contribution in [-0.2, 0) is 4.79 Å². The second-order valence-electron chi connectivity index (χ2n) is 8.38. The van der Waals surface area contributed by atoms with Crippen LogP contribution >= 0.6 is 0 Å². The van der Waals surface area contributed by atoms with E-state index in [1.807, 2.05) is 6.07 Å². The number of aryl methyl sites for hydroxylation is 1. The van der Waals surface area contributed by atoms with Gasteiger partial charge in [0.05, 0.1) is 6.04 Å². The second-order valence-corrected chi connectivity index (χ2v) is 8.38. The largest absolute Gasteiger partial charge is 0.354 e. The van der Waals surface area contributed by atoms with Crippen molar-refractivity contribution in [3.63, 3.8) is 0 Å². The first-order chi connectivity index (χ1) is 14.2. The fraction of sp³-hybridized carbons (Fsp3) is 0.500. The number of piperazine rings is 1. The van der Waals surface area contributed by atoms with Crippen molar-refractivity contribution in [2.24, 2.45) is 0 Å². The molecule has 2 atom stereocenters. The van der Waals surface area contributed by atoms with E-state index >= 15 is 0 Å². The predicted octanol–water partition coefficient (Wildman–Crippen LogP) is 1.92. The van der Waals surface area contributed by atoms with Crippen LogP contribution < -0.4 is 15.8 Å². The van der Waals surface area contributed by atoms with E-state index < -0.39 is 0 Å². The van der Waals surface area contributed by atoms with Gasteiger partial charge in [-0.3, -0.25) is 15.1 Å². The molecule has 7 heteroatoms. The third-order valence-corrected chi connectivity index (χ3v) is 6.21. The first-order valence-corrected chi connectivity index (χ1v) is 10.6. The molecule has 2 unspecified atom stereocenters. The Morgan fingerprint density at radius 3 is 2.52 bits per heavy atom. The maximum Gasteiger partial charge on any atom is 0.235 e. The van der Waals surface area contributed by atoms with Gasteiger partial charge in [-0.15, -0.1) is 0 Å². The summed E-state index contributed by atoms with van der Waals surface area (Å²) in [6, 6.07) is 12.7. The molecular weight excluding hydrogens is 364 g/mol. The van der Waals surface area contributed by atoms with Gasteiger partial charge in [-0.2, -0.15) is 0 Å². The van der Waals surface area contributed by atoms with Crippen LogP contribution in [0.2, 0.25) is 0 Å². The maximum absolute atomic E-state index is 12.1. The molecule has 3 fully saturated rings. The predicted molar refractivity (Wildman–Crippen MR) is 111 cm³/mol. The number of hydrazine groups is 1. The highest BCUT2D eigenvalue weighted by atomic mass is 16.2. The average Bonchev–Trinajstić information content (AvgIpc) is 3.60. The molecule has 1 aromatic carbocycles. The van der Waals surface area contributed by atoms with Crippen LogP contribution in [0.3, 0.4) is 0 Å². The minimum atomic E-state index is 0.0603. The minimum Gasteiger partial charge on any atom is -0.354 e. The number of hydrogen-bond acceptors (Lipinski definition) is 6. The lowest BCUT2D eigenvalue weighted by Gasteiger charge is -2.44. The normalized spacial score (nSPS) is 25.7. The zero-order valence-electron chi connectivity index (χ0n) is 16.8. The Hall–Kier alpha value is -2.51. The van der Waals surface area contributed by atoms with Crippen LogP contribution in [0.4, 0.5) is 5.82 Å². The summed E-state index contributed by atoms with van der Waals surface area (Å²) in [6.45, 7) is 5.74. The number of anilines is 1. The zero-order chi connectivity index (χ0) is 19.8. The Balaban J connectivity index is 1.29. The first kappa shape index (κ1) is 18.5. The smallest absolute Gasteiger partial charge is 0.235 e. The van der Waals surface area contributed by atoms with E-state index in [0.29, 0.717) is 12.3 Å². The van der Waals surface area contributed by atoms with Crippen LogP contribution in [-0.4, -0.2) is 53.0 Å². The Bertz CT molecular complexity index is 876. The molecule has 152 valence electrons. The molecule has 3 heterocycles. The number of nitrogens with zero attached hydrogens (tertiary/aromatic N) is 4. The molecule has 5 rings (SSSR count). The molecule has 0 spiro atoms. The van der Waals surface area contributed by atoms with E-state index in [9.17, 15) is 4.79 Å². The number of carbonyl (C=O) groups excluding carboxylic acids is 1. The highest BCUT2D eigenvalue weighted by molar-refractivity contribution is 5.77. The van der Waals surface area contributed by atoms with Crippen molar-refractivity contribution < 1.29 is 4.79 Å². The van der Waals surface area contributed by atoms with Crippen molar-refractivity contribution in [2.45, 2.75) is 44.2 Å². The summed E-state index contributed by atoms with van der Waals surface area (Å²) in [5, 5.41) is 0. The lowest BCUT2D eigenvalue weighted by molar-refractivity contribution is -0.126. The molecule has 29 heavy (non-hydrogen) atoms. The van der Waals surface area contributed by atoms with Gasteiger partial charge in [0.25, 0.3) is 0 Å². The summed E-state index contributed by atoms with van der Waals surface area (Å²) in [7, 11) is 0. The number of benzene rings is 1. The summed E-state index contributed by atoms with van der Waals surface area (Å²) in [6.07, 6.45) is 2.95. The van der Waals surface area contributed by atoms with Crippen molar-refractivity contribution >= 4 is 11.7 Å². The summed E-state index contributed by atoms with van der Waals surface area (Å²) < 4.78 is 0. The number of hydrogen-bond donors (Lipinski definition) is 2. The first-order valence-electron chi connectivity index (χ1n) is 10.6. The summed E-state index contributed by atoms with van der Waals surface area (Å²) >= 11 is 0. The van der Waals surface area contributed by atoms with Crippen LogP contribution in [0.15, 0.2) is 36.4 Å². The van der Waals surface area contributed by atoms with Gasteiger partial charge < -0.3 is 4.90 Å². The van der Waals surface area contributed by atoms with Crippen LogP contribution in [0.1, 0.15) is 48.3 Å². The van der Waals surface area contributed by atoms with Gasteiger partial charge in [0, 0.05) is 56.3 Å². The van der Waals surface area contributed by atoms with Crippen LogP contribution in [0.5, 0.6) is 0 Å². The monoisotopic (exact) mass is 392 g/mol. The molecule has 2 aromatic rings. The number of rotatable bonds is 4. The Kier molecular flexibility index (Phi) is 4.93. The molecule has 0 bridgehead atoms. The highest BCUT2D eigenvalue weighted by Gasteiger charge is 2.36. The zero-order valence-corrected chi connectivity index (χ0v) is 16.8. The molecular formula is C22H28N6O. The summed E-state index contributed by atoms with van der Waals surface area (Å²) in [5.41, 5.74) is 8.32. The van der Waals surface area contributed by atoms with E-state index in [1.54, 1.807) is 0 Å². The Morgan fingerprint density at radius 2 is 1.79 bits per heavy atom. The SMILES string of the molecule is Cc1cc(N2CCN(C3CC(=O)NNC3c3ccccc3)CC2)nc(C2CC2)n1. The number of amides is 1. The fourth-order valence-corrected chi connectivity index (χ4v) is 4.46. The van der Waals surface area contributed by atoms with E-state index in [2.05, 4.69) is 62.9 Å². The number of carbonyl (C=O) groups is 1. The van der Waals surface area contributed by atoms with Crippen molar-refractivity contribution in [1.82, 2.24) is 25.7 Å². The molecule has 1 aromatic heterocycles. The molecule has 0 radical (unpaired) electrons. The maximum atomic E-state index is 12.1. The van der Waals surface area contributed by atoms with Crippen molar-refractivity contribution in [3.05, 3.63) is 53.5 Å². The molecule has 1 aliphatic carbocycles. The minimum absolute atomic E-state index is 0.0603. The van der Waals surface area contributed by atoms with Gasteiger partial charge in [0.2, 0.25) is 5.91 Å². The van der Waals surface area contributed by atoms with Gasteiger partial charge in [0.1, 0.15) is 11.6 Å². The van der Waals surface area contributed by atoms with Gasteiger partial charge >= 0.3 is 0 Å². The van der Waals surface area contributed by atoms with Gasteiger partial charge in [0.15, 0.2) is 0 Å². The van der Waals surface area contributed by atoms with Crippen molar-refractivity contribution in [1.29, 1.82) is 0 Å². The summed E-state index contributed by atoms with van der Waals surface area (Å²) in [4.78, 5) is 26.4. The fourth-order valence-electron chi connectivity index (χ4n) is 4.46. The second kappa shape index (κ2) is 7.72. The van der Waals surface area contributed by atoms with E-state index in [-0.39, 0.29) is 18.0 Å². The van der Waals surface area contributed by atoms with Gasteiger partial charge in [-0.1, -0.05) is 30.3 Å². The van der Waals surface area contributed by atoms with Gasteiger partial charge in [-0.05, 0) is 25.3 Å². The number of nitrogens with one attached hydrogen (secondary N) is 2. The Morgan fingerprint density at radius 1 is 1.03 bits per heavy atom. The quantitative estimate of drug-likeness (QED) is 0.828. The van der Waals surface area contributed by atoms with Crippen LogP contribution in [0.25, 0.3) is 0 Å². The molecule has 1 saturated carbocycles. The lowest BCUT2D eigenvalue weighted by Crippen LogP contribution is -2.60.